The summed E-state index contributed by atoms with van der Waals surface area (Å²) in [6.07, 6.45) is 1.58. The van der Waals surface area contributed by atoms with E-state index in [1.165, 1.54) is 13.1 Å². The first kappa shape index (κ1) is 21.4. The minimum Gasteiger partial charge on any atom is -0.365 e. The maximum absolute atomic E-state index is 14.5. The van der Waals surface area contributed by atoms with Gasteiger partial charge in [0.05, 0.1) is 27.9 Å². The van der Waals surface area contributed by atoms with E-state index in [2.05, 4.69) is 25.3 Å². The number of hydrogen-bond acceptors (Lipinski definition) is 6. The van der Waals surface area contributed by atoms with Crippen LogP contribution in [0, 0.1) is 5.95 Å². The van der Waals surface area contributed by atoms with Gasteiger partial charge in [-0.15, -0.1) is 0 Å². The van der Waals surface area contributed by atoms with E-state index in [9.17, 15) is 14.0 Å². The van der Waals surface area contributed by atoms with Gasteiger partial charge >= 0.3 is 0 Å². The fraction of sp³-hybridized carbons (Fsp3) is 0.273. The molecule has 4 heterocycles. The molecule has 0 spiro atoms. The van der Waals surface area contributed by atoms with Crippen LogP contribution >= 0.6 is 11.6 Å². The highest BCUT2D eigenvalue weighted by Crippen LogP contribution is 2.27. The number of pyridine rings is 1. The molecular weight excluding hydrogens is 449 g/mol. The van der Waals surface area contributed by atoms with Crippen LogP contribution in [-0.2, 0) is 6.54 Å². The lowest BCUT2D eigenvalue weighted by Crippen LogP contribution is -2.46. The lowest BCUT2D eigenvalue weighted by atomic mass is 10.1. The lowest BCUT2D eigenvalue weighted by molar-refractivity contribution is 0.0957. The monoisotopic (exact) mass is 469 g/mol. The van der Waals surface area contributed by atoms with Crippen molar-refractivity contribution in [2.45, 2.75) is 6.54 Å². The average molecular weight is 470 g/mol. The topological polar surface area (TPSA) is 98.6 Å². The summed E-state index contributed by atoms with van der Waals surface area (Å²) >= 11 is 6.66. The van der Waals surface area contributed by atoms with E-state index in [0.29, 0.717) is 54.5 Å². The molecular formula is C22H21ClFN7O2. The van der Waals surface area contributed by atoms with Gasteiger partial charge in [0.15, 0.2) is 0 Å². The number of halogens is 2. The predicted octanol–water partition coefficient (Wildman–Crippen LogP) is 2.05. The third-order valence-electron chi connectivity index (χ3n) is 5.94. The van der Waals surface area contributed by atoms with E-state index in [-0.39, 0.29) is 11.3 Å². The number of carbonyl (C=O) groups is 1. The summed E-state index contributed by atoms with van der Waals surface area (Å²) in [4.78, 5) is 34.8. The molecule has 1 amide bonds. The van der Waals surface area contributed by atoms with Gasteiger partial charge < -0.3 is 15.2 Å². The van der Waals surface area contributed by atoms with Crippen LogP contribution in [0.5, 0.6) is 0 Å². The summed E-state index contributed by atoms with van der Waals surface area (Å²) in [6, 6.07) is 8.62. The van der Waals surface area contributed by atoms with Crippen molar-refractivity contribution in [1.29, 1.82) is 0 Å². The molecule has 33 heavy (non-hydrogen) atoms. The number of carbonyl (C=O) groups excluding carboxylic acids is 1. The van der Waals surface area contributed by atoms with Crippen molar-refractivity contribution in [3.05, 3.63) is 69.1 Å². The molecule has 0 bridgehead atoms. The van der Waals surface area contributed by atoms with E-state index >= 15 is 0 Å². The molecule has 1 aromatic carbocycles. The number of aromatic amines is 1. The number of rotatable bonds is 4. The van der Waals surface area contributed by atoms with Crippen molar-refractivity contribution >= 4 is 39.7 Å². The quantitative estimate of drug-likeness (QED) is 0.444. The van der Waals surface area contributed by atoms with Crippen LogP contribution in [0.15, 0.2) is 41.3 Å². The van der Waals surface area contributed by atoms with Crippen LogP contribution < -0.4 is 15.8 Å². The maximum Gasteiger partial charge on any atom is 0.274 e. The molecule has 0 radical (unpaired) electrons. The lowest BCUT2D eigenvalue weighted by Gasteiger charge is -2.36. The number of nitrogens with one attached hydrogen (secondary N) is 2. The number of benzene rings is 1. The summed E-state index contributed by atoms with van der Waals surface area (Å²) in [5.74, 6) is -1.08. The fourth-order valence-corrected chi connectivity index (χ4v) is 4.44. The van der Waals surface area contributed by atoms with Crippen molar-refractivity contribution < 1.29 is 9.18 Å². The first-order chi connectivity index (χ1) is 16.0. The molecule has 0 aliphatic carbocycles. The van der Waals surface area contributed by atoms with Crippen LogP contribution in [-0.4, -0.2) is 63.6 Å². The largest absolute Gasteiger partial charge is 0.365 e. The van der Waals surface area contributed by atoms with Gasteiger partial charge in [-0.1, -0.05) is 17.7 Å². The zero-order valence-corrected chi connectivity index (χ0v) is 18.6. The Labute approximate surface area is 192 Å². The second kappa shape index (κ2) is 8.45. The first-order valence-corrected chi connectivity index (χ1v) is 10.9. The maximum atomic E-state index is 14.5. The third-order valence-corrected chi connectivity index (χ3v) is 6.37. The highest BCUT2D eigenvalue weighted by Gasteiger charge is 2.22. The molecule has 0 atom stereocenters. The van der Waals surface area contributed by atoms with Gasteiger partial charge in [-0.05, 0) is 29.8 Å². The summed E-state index contributed by atoms with van der Waals surface area (Å²) in [5.41, 5.74) is 2.83. The molecule has 9 nitrogen and oxygen atoms in total. The van der Waals surface area contributed by atoms with Crippen LogP contribution in [0.25, 0.3) is 16.6 Å². The number of piperazine rings is 1. The van der Waals surface area contributed by atoms with Crippen molar-refractivity contribution in [1.82, 2.24) is 29.8 Å². The minimum atomic E-state index is -0.656. The Morgan fingerprint density at radius 1 is 1.15 bits per heavy atom. The first-order valence-electron chi connectivity index (χ1n) is 10.5. The van der Waals surface area contributed by atoms with E-state index < -0.39 is 11.9 Å². The van der Waals surface area contributed by atoms with Gasteiger partial charge in [-0.3, -0.25) is 14.5 Å². The van der Waals surface area contributed by atoms with E-state index in [4.69, 9.17) is 11.6 Å². The van der Waals surface area contributed by atoms with Gasteiger partial charge in [0.2, 0.25) is 5.95 Å². The average Bonchev–Trinajstić information content (AvgIpc) is 3.32. The van der Waals surface area contributed by atoms with Gasteiger partial charge in [0.25, 0.3) is 11.5 Å². The minimum absolute atomic E-state index is 0.0498. The summed E-state index contributed by atoms with van der Waals surface area (Å²) < 4.78 is 16.1. The number of fused-ring (bicyclic) bond motifs is 3. The van der Waals surface area contributed by atoms with Crippen LogP contribution in [0.2, 0.25) is 5.02 Å². The van der Waals surface area contributed by atoms with E-state index in [0.717, 1.165) is 11.1 Å². The molecule has 4 aromatic rings. The number of aromatic nitrogens is 4. The van der Waals surface area contributed by atoms with Crippen LogP contribution in [0.1, 0.15) is 16.1 Å². The molecule has 5 rings (SSSR count). The van der Waals surface area contributed by atoms with Crippen molar-refractivity contribution in [3.8, 4) is 0 Å². The van der Waals surface area contributed by atoms with Crippen molar-refractivity contribution in [2.75, 3.05) is 38.1 Å². The molecule has 1 aliphatic rings. The Bertz CT molecular complexity index is 1430. The normalized spacial score (nSPS) is 14.8. The van der Waals surface area contributed by atoms with Crippen LogP contribution in [0.3, 0.4) is 0 Å². The second-order valence-corrected chi connectivity index (χ2v) is 8.24. The smallest absolute Gasteiger partial charge is 0.274 e. The molecule has 1 aliphatic heterocycles. The molecule has 1 saturated heterocycles. The summed E-state index contributed by atoms with van der Waals surface area (Å²) in [5, 5.41) is 7.15. The standard InChI is InChI=1S/C22H21ClFN7O2/c1-25-21(32)14-3-5-16(20(24)27-14)30-10-8-29(9-11-30)12-13-2-4-15-19(18(13)23)28-22(33)17-6-7-26-31(15)17/h2-7H,8-12H2,1H3,(H,25,32)(H,28,33). The molecule has 2 N–H and O–H groups in total. The van der Waals surface area contributed by atoms with Gasteiger partial charge in [-0.25, -0.2) is 9.50 Å². The Kier molecular flexibility index (Phi) is 5.47. The third kappa shape index (κ3) is 3.81. The zero-order valence-electron chi connectivity index (χ0n) is 17.8. The molecule has 1 fully saturated rings. The number of H-pyrrole nitrogens is 1. The Morgan fingerprint density at radius 3 is 2.67 bits per heavy atom. The van der Waals surface area contributed by atoms with Gasteiger partial charge in [0.1, 0.15) is 11.2 Å². The highest BCUT2D eigenvalue weighted by atomic mass is 35.5. The van der Waals surface area contributed by atoms with E-state index in [1.54, 1.807) is 22.8 Å². The molecule has 170 valence electrons. The number of hydrogen-bond donors (Lipinski definition) is 2. The Balaban J connectivity index is 1.31. The van der Waals surface area contributed by atoms with Crippen LogP contribution in [0.4, 0.5) is 10.1 Å². The number of nitrogens with zero attached hydrogens (tertiary/aromatic N) is 5. The SMILES string of the molecule is CNC(=O)c1ccc(N2CCN(Cc3ccc4c([nH]c(=O)c5ccnn54)c3Cl)CC2)c(F)n1. The van der Waals surface area contributed by atoms with E-state index in [1.807, 2.05) is 17.0 Å². The molecule has 3 aromatic heterocycles. The highest BCUT2D eigenvalue weighted by molar-refractivity contribution is 6.35. The van der Waals surface area contributed by atoms with Crippen molar-refractivity contribution in [3.63, 3.8) is 0 Å². The Morgan fingerprint density at radius 2 is 1.94 bits per heavy atom. The predicted molar refractivity (Wildman–Crippen MR) is 123 cm³/mol. The molecule has 0 unspecified atom stereocenters. The summed E-state index contributed by atoms with van der Waals surface area (Å²) in [6.45, 7) is 3.19. The summed E-state index contributed by atoms with van der Waals surface area (Å²) in [7, 11) is 1.48. The number of anilines is 1. The number of amides is 1. The van der Waals surface area contributed by atoms with Gasteiger partial charge in [-0.2, -0.15) is 9.49 Å². The Hall–Kier alpha value is -3.50. The molecule has 0 saturated carbocycles. The second-order valence-electron chi connectivity index (χ2n) is 7.86. The zero-order chi connectivity index (χ0) is 23.1. The van der Waals surface area contributed by atoms with Crippen molar-refractivity contribution in [2.24, 2.45) is 0 Å². The fourth-order valence-electron chi connectivity index (χ4n) is 4.18. The van der Waals surface area contributed by atoms with Gasteiger partial charge in [0, 0.05) is 39.8 Å². The molecule has 11 heteroatoms.